The Labute approximate surface area is 129 Å². The van der Waals surface area contributed by atoms with Crippen molar-refractivity contribution < 1.29 is 33.3 Å². The van der Waals surface area contributed by atoms with Gasteiger partial charge in [0.1, 0.15) is 0 Å². The van der Waals surface area contributed by atoms with Crippen molar-refractivity contribution in [3.63, 3.8) is 0 Å². The van der Waals surface area contributed by atoms with Gasteiger partial charge in [-0.2, -0.15) is 0 Å². The Kier molecular flexibility index (Phi) is 10.7. The quantitative estimate of drug-likeness (QED) is 0.352. The molecule has 0 fully saturated rings. The first-order valence-electron chi connectivity index (χ1n) is 6.80. The zero-order valence-corrected chi connectivity index (χ0v) is 13.4. The molecule has 0 saturated heterocycles. The molecule has 1 amide bonds. The fraction of sp³-hybridized carbons (Fsp3) is 0.643. The minimum atomic E-state index is -0.905. The number of ether oxygens (including phenoxy) is 4. The molecule has 0 radical (unpaired) electrons. The van der Waals surface area contributed by atoms with E-state index in [0.717, 1.165) is 6.08 Å². The summed E-state index contributed by atoms with van der Waals surface area (Å²) in [7, 11) is 2.99. The van der Waals surface area contributed by atoms with Crippen LogP contribution in [0.15, 0.2) is 11.6 Å². The molecule has 126 valence electrons. The highest BCUT2D eigenvalue weighted by atomic mass is 16.6. The third-order valence-electron chi connectivity index (χ3n) is 2.51. The molecule has 8 heteroatoms. The van der Waals surface area contributed by atoms with Crippen molar-refractivity contribution in [1.29, 1.82) is 0 Å². The summed E-state index contributed by atoms with van der Waals surface area (Å²) in [5.41, 5.74) is -0.0229. The first-order chi connectivity index (χ1) is 10.5. The molecule has 0 atom stereocenters. The van der Waals surface area contributed by atoms with Crippen molar-refractivity contribution in [2.45, 2.75) is 13.8 Å². The van der Waals surface area contributed by atoms with Gasteiger partial charge >= 0.3 is 18.0 Å². The Bertz CT molecular complexity index is 398. The number of esters is 2. The number of methoxy groups -OCH3 is 2. The van der Waals surface area contributed by atoms with Crippen LogP contribution in [0.25, 0.3) is 0 Å². The van der Waals surface area contributed by atoms with Crippen LogP contribution in [0.1, 0.15) is 13.8 Å². The topological polar surface area (TPSA) is 91.4 Å². The van der Waals surface area contributed by atoms with Crippen LogP contribution in [0.5, 0.6) is 0 Å². The number of rotatable bonds is 9. The molecule has 0 aromatic heterocycles. The number of nitrogens with zero attached hydrogens (tertiary/aromatic N) is 1. The van der Waals surface area contributed by atoms with Gasteiger partial charge in [-0.1, -0.05) is 0 Å². The van der Waals surface area contributed by atoms with Gasteiger partial charge in [-0.05, 0) is 13.8 Å². The largest absolute Gasteiger partial charge is 0.463 e. The minimum Gasteiger partial charge on any atom is -0.463 e. The zero-order chi connectivity index (χ0) is 17.0. The van der Waals surface area contributed by atoms with Crippen molar-refractivity contribution in [3.05, 3.63) is 11.6 Å². The van der Waals surface area contributed by atoms with E-state index in [1.807, 2.05) is 0 Å². The van der Waals surface area contributed by atoms with Gasteiger partial charge in [0.15, 0.2) is 0 Å². The van der Waals surface area contributed by atoms with Gasteiger partial charge in [0, 0.05) is 39.0 Å². The summed E-state index contributed by atoms with van der Waals surface area (Å²) in [6.45, 7) is 4.31. The van der Waals surface area contributed by atoms with Crippen LogP contribution in [0.4, 0.5) is 4.79 Å². The monoisotopic (exact) mass is 317 g/mol. The van der Waals surface area contributed by atoms with E-state index in [0.29, 0.717) is 13.2 Å². The SMILES string of the molecule is CCOC(=O)C=C(C)C(=O)OC(=O)N(CCOC)CCOC. The van der Waals surface area contributed by atoms with E-state index < -0.39 is 18.0 Å². The summed E-state index contributed by atoms with van der Waals surface area (Å²) >= 11 is 0. The van der Waals surface area contributed by atoms with E-state index in [1.54, 1.807) is 6.92 Å². The molecule has 0 aliphatic rings. The number of carbonyl (C=O) groups is 3. The average Bonchev–Trinajstić information content (AvgIpc) is 2.47. The molecule has 0 N–H and O–H groups in total. The van der Waals surface area contributed by atoms with E-state index in [-0.39, 0.29) is 25.3 Å². The molecular weight excluding hydrogens is 294 g/mol. The number of carbonyl (C=O) groups excluding carboxylic acids is 3. The van der Waals surface area contributed by atoms with Crippen LogP contribution in [-0.4, -0.2) is 70.1 Å². The molecule has 0 heterocycles. The van der Waals surface area contributed by atoms with Crippen molar-refractivity contribution >= 4 is 18.0 Å². The van der Waals surface area contributed by atoms with Crippen LogP contribution in [-0.2, 0) is 28.5 Å². The van der Waals surface area contributed by atoms with Gasteiger partial charge in [-0.25, -0.2) is 14.4 Å². The lowest BCUT2D eigenvalue weighted by Gasteiger charge is -2.20. The molecule has 0 aromatic rings. The lowest BCUT2D eigenvalue weighted by atomic mass is 10.3. The van der Waals surface area contributed by atoms with E-state index in [2.05, 4.69) is 4.74 Å². The highest BCUT2D eigenvalue weighted by molar-refractivity contribution is 5.99. The van der Waals surface area contributed by atoms with Crippen molar-refractivity contribution in [3.8, 4) is 0 Å². The molecular formula is C14H23NO7. The second-order valence-electron chi connectivity index (χ2n) is 4.21. The van der Waals surface area contributed by atoms with Crippen molar-refractivity contribution in [1.82, 2.24) is 4.90 Å². The van der Waals surface area contributed by atoms with Crippen molar-refractivity contribution in [2.24, 2.45) is 0 Å². The predicted octanol–water partition coefficient (Wildman–Crippen LogP) is 0.754. The molecule has 0 spiro atoms. The summed E-state index contributed by atoms with van der Waals surface area (Å²) in [6.07, 6.45) is 0.157. The average molecular weight is 317 g/mol. The number of hydrogen-bond donors (Lipinski definition) is 0. The first-order valence-corrected chi connectivity index (χ1v) is 6.80. The van der Waals surface area contributed by atoms with E-state index in [4.69, 9.17) is 14.2 Å². The molecule has 0 aromatic carbocycles. The molecule has 0 bridgehead atoms. The molecule has 22 heavy (non-hydrogen) atoms. The Morgan fingerprint density at radius 2 is 1.59 bits per heavy atom. The summed E-state index contributed by atoms with van der Waals surface area (Å²) in [6, 6.07) is 0. The van der Waals surface area contributed by atoms with Gasteiger partial charge in [0.25, 0.3) is 0 Å². The Morgan fingerprint density at radius 1 is 1.05 bits per heavy atom. The third-order valence-corrected chi connectivity index (χ3v) is 2.51. The van der Waals surface area contributed by atoms with Crippen molar-refractivity contribution in [2.75, 3.05) is 47.1 Å². The molecule has 0 aliphatic carbocycles. The third kappa shape index (κ3) is 8.38. The van der Waals surface area contributed by atoms with Crippen LogP contribution in [0.2, 0.25) is 0 Å². The van der Waals surface area contributed by atoms with E-state index >= 15 is 0 Å². The van der Waals surface area contributed by atoms with Gasteiger partial charge in [-0.15, -0.1) is 0 Å². The van der Waals surface area contributed by atoms with Crippen LogP contribution < -0.4 is 0 Å². The smallest absolute Gasteiger partial charge is 0.417 e. The normalized spacial score (nSPS) is 11.0. The lowest BCUT2D eigenvalue weighted by molar-refractivity contribution is -0.139. The summed E-state index contributed by atoms with van der Waals surface area (Å²) < 4.78 is 19.2. The van der Waals surface area contributed by atoms with Gasteiger partial charge < -0.3 is 23.8 Å². The standard InChI is InChI=1S/C14H23NO7/c1-5-21-12(16)10-11(2)13(17)22-14(18)15(6-8-19-3)7-9-20-4/h10H,5-9H2,1-4H3. The molecule has 0 rings (SSSR count). The lowest BCUT2D eigenvalue weighted by Crippen LogP contribution is -2.38. The van der Waals surface area contributed by atoms with Crippen LogP contribution in [0.3, 0.4) is 0 Å². The Hall–Kier alpha value is -1.93. The number of hydrogen-bond acceptors (Lipinski definition) is 7. The summed E-state index contributed by atoms with van der Waals surface area (Å²) in [5, 5.41) is 0. The second kappa shape index (κ2) is 11.7. The highest BCUT2D eigenvalue weighted by Gasteiger charge is 2.20. The predicted molar refractivity (Wildman–Crippen MR) is 77.2 cm³/mol. The van der Waals surface area contributed by atoms with E-state index in [9.17, 15) is 14.4 Å². The molecule has 8 nitrogen and oxygen atoms in total. The van der Waals surface area contributed by atoms with Gasteiger partial charge in [0.05, 0.1) is 19.8 Å². The van der Waals surface area contributed by atoms with Gasteiger partial charge in [0.2, 0.25) is 0 Å². The Morgan fingerprint density at radius 3 is 2.05 bits per heavy atom. The summed E-state index contributed by atoms with van der Waals surface area (Å²) in [4.78, 5) is 36.2. The minimum absolute atomic E-state index is 0.0229. The summed E-state index contributed by atoms with van der Waals surface area (Å²) in [5.74, 6) is -1.57. The zero-order valence-electron chi connectivity index (χ0n) is 13.4. The second-order valence-corrected chi connectivity index (χ2v) is 4.21. The van der Waals surface area contributed by atoms with Gasteiger partial charge in [-0.3, -0.25) is 0 Å². The maximum Gasteiger partial charge on any atom is 0.417 e. The number of amides is 1. The molecule has 0 saturated carbocycles. The van der Waals surface area contributed by atoms with Crippen LogP contribution >= 0.6 is 0 Å². The molecule has 0 unspecified atom stereocenters. The fourth-order valence-electron chi connectivity index (χ4n) is 1.34. The van der Waals surface area contributed by atoms with E-state index in [1.165, 1.54) is 26.0 Å². The Balaban J connectivity index is 4.61. The first kappa shape index (κ1) is 20.1. The fourth-order valence-corrected chi connectivity index (χ4v) is 1.34. The maximum atomic E-state index is 11.9. The molecule has 0 aliphatic heterocycles. The maximum absolute atomic E-state index is 11.9. The van der Waals surface area contributed by atoms with Crippen LogP contribution in [0, 0.1) is 0 Å². The highest BCUT2D eigenvalue weighted by Crippen LogP contribution is 2.02.